The van der Waals surface area contributed by atoms with E-state index < -0.39 is 0 Å². The van der Waals surface area contributed by atoms with Crippen LogP contribution >= 0.6 is 0 Å². The van der Waals surface area contributed by atoms with Gasteiger partial charge < -0.3 is 5.73 Å². The maximum absolute atomic E-state index is 13.3. The number of hydrogen-bond donors (Lipinski definition) is 1. The summed E-state index contributed by atoms with van der Waals surface area (Å²) >= 11 is 0. The molecule has 3 heteroatoms. The largest absolute Gasteiger partial charge is 0.329 e. The minimum Gasteiger partial charge on any atom is -0.329 e. The van der Waals surface area contributed by atoms with Gasteiger partial charge in [-0.15, -0.1) is 0 Å². The van der Waals surface area contributed by atoms with Crippen LogP contribution in [0, 0.1) is 17.7 Å². The van der Waals surface area contributed by atoms with Crippen molar-refractivity contribution in [1.82, 2.24) is 4.90 Å². The third-order valence-electron chi connectivity index (χ3n) is 4.84. The van der Waals surface area contributed by atoms with Crippen molar-refractivity contribution >= 4 is 0 Å². The van der Waals surface area contributed by atoms with E-state index in [4.69, 9.17) is 5.73 Å². The Bertz CT molecular complexity index is 446. The quantitative estimate of drug-likeness (QED) is 0.897. The van der Waals surface area contributed by atoms with Crippen LogP contribution in [0.15, 0.2) is 24.3 Å². The zero-order valence-electron chi connectivity index (χ0n) is 12.9. The molecule has 1 aromatic carbocycles. The highest BCUT2D eigenvalue weighted by Crippen LogP contribution is 2.31. The summed E-state index contributed by atoms with van der Waals surface area (Å²) in [6, 6.07) is 6.90. The van der Waals surface area contributed by atoms with Crippen molar-refractivity contribution in [2.24, 2.45) is 17.6 Å². The number of benzene rings is 1. The molecule has 20 heavy (non-hydrogen) atoms. The summed E-state index contributed by atoms with van der Waals surface area (Å²) in [5.74, 6) is 1.31. The van der Waals surface area contributed by atoms with Gasteiger partial charge in [-0.05, 0) is 55.8 Å². The van der Waals surface area contributed by atoms with Crippen molar-refractivity contribution in [2.45, 2.75) is 39.2 Å². The van der Waals surface area contributed by atoms with Gasteiger partial charge in [0.2, 0.25) is 0 Å². The maximum Gasteiger partial charge on any atom is 0.123 e. The Morgan fingerprint density at radius 1 is 1.45 bits per heavy atom. The lowest BCUT2D eigenvalue weighted by atomic mass is 9.90. The van der Waals surface area contributed by atoms with E-state index in [9.17, 15) is 4.39 Å². The summed E-state index contributed by atoms with van der Waals surface area (Å²) in [6.07, 6.45) is 2.06. The second kappa shape index (κ2) is 6.23. The van der Waals surface area contributed by atoms with Crippen LogP contribution in [0.3, 0.4) is 0 Å². The van der Waals surface area contributed by atoms with Gasteiger partial charge >= 0.3 is 0 Å². The van der Waals surface area contributed by atoms with Gasteiger partial charge in [-0.25, -0.2) is 4.39 Å². The van der Waals surface area contributed by atoms with Crippen molar-refractivity contribution in [2.75, 3.05) is 19.6 Å². The molecule has 1 aliphatic heterocycles. The van der Waals surface area contributed by atoms with Crippen LogP contribution in [-0.2, 0) is 6.42 Å². The summed E-state index contributed by atoms with van der Waals surface area (Å²) in [5, 5.41) is 0. The summed E-state index contributed by atoms with van der Waals surface area (Å²) in [7, 11) is 0. The Kier molecular flexibility index (Phi) is 4.82. The molecular formula is C17H27FN2. The highest BCUT2D eigenvalue weighted by Gasteiger charge is 2.36. The Hall–Kier alpha value is -0.930. The molecule has 0 saturated carbocycles. The zero-order valence-corrected chi connectivity index (χ0v) is 12.9. The molecule has 0 amide bonds. The highest BCUT2D eigenvalue weighted by molar-refractivity contribution is 5.19. The first kappa shape index (κ1) is 15.5. The highest BCUT2D eigenvalue weighted by atomic mass is 19.1. The van der Waals surface area contributed by atoms with E-state index in [-0.39, 0.29) is 11.4 Å². The molecule has 2 nitrogen and oxygen atoms in total. The van der Waals surface area contributed by atoms with E-state index in [1.165, 1.54) is 12.5 Å². The van der Waals surface area contributed by atoms with Crippen LogP contribution in [0.1, 0.15) is 32.8 Å². The summed E-state index contributed by atoms with van der Waals surface area (Å²) < 4.78 is 13.3. The average Bonchev–Trinajstić information content (AvgIpc) is 2.89. The van der Waals surface area contributed by atoms with Crippen LogP contribution in [0.5, 0.6) is 0 Å². The molecule has 1 aromatic rings. The first-order valence-corrected chi connectivity index (χ1v) is 7.64. The Balaban J connectivity index is 2.09. The minimum absolute atomic E-state index is 0.0720. The van der Waals surface area contributed by atoms with Gasteiger partial charge in [0.25, 0.3) is 0 Å². The number of hydrogen-bond acceptors (Lipinski definition) is 2. The van der Waals surface area contributed by atoms with Gasteiger partial charge in [0, 0.05) is 18.6 Å². The Labute approximate surface area is 122 Å². The third kappa shape index (κ3) is 3.39. The van der Waals surface area contributed by atoms with Gasteiger partial charge in [0.15, 0.2) is 0 Å². The van der Waals surface area contributed by atoms with Crippen molar-refractivity contribution in [3.05, 3.63) is 35.6 Å². The Morgan fingerprint density at radius 3 is 2.75 bits per heavy atom. The van der Waals surface area contributed by atoms with Crippen molar-refractivity contribution in [3.8, 4) is 0 Å². The molecule has 2 unspecified atom stereocenters. The second-order valence-electron chi connectivity index (χ2n) is 6.75. The minimum atomic E-state index is -0.164. The standard InChI is InChI=1S/C17H27FN2/c1-13(2)15-7-8-20(11-15)17(3,12-19)10-14-5-4-6-16(18)9-14/h4-6,9,13,15H,7-8,10-12,19H2,1-3H3. The van der Waals surface area contributed by atoms with E-state index in [1.54, 1.807) is 12.1 Å². The third-order valence-corrected chi connectivity index (χ3v) is 4.84. The Morgan fingerprint density at radius 2 is 2.20 bits per heavy atom. The van der Waals surface area contributed by atoms with Gasteiger partial charge in [-0.1, -0.05) is 26.0 Å². The predicted molar refractivity (Wildman–Crippen MR) is 82.1 cm³/mol. The van der Waals surface area contributed by atoms with Crippen molar-refractivity contribution in [1.29, 1.82) is 0 Å². The van der Waals surface area contributed by atoms with Crippen LogP contribution < -0.4 is 5.73 Å². The maximum atomic E-state index is 13.3. The van der Waals surface area contributed by atoms with Crippen LogP contribution in [0.2, 0.25) is 0 Å². The fourth-order valence-corrected chi connectivity index (χ4v) is 3.22. The number of nitrogens with two attached hydrogens (primary N) is 1. The smallest absolute Gasteiger partial charge is 0.123 e. The molecule has 0 radical (unpaired) electrons. The molecule has 1 heterocycles. The first-order chi connectivity index (χ1) is 9.44. The number of nitrogens with zero attached hydrogens (tertiary/aromatic N) is 1. The fraction of sp³-hybridized carbons (Fsp3) is 0.647. The van der Waals surface area contributed by atoms with Crippen LogP contribution in [-0.4, -0.2) is 30.1 Å². The molecule has 2 rings (SSSR count). The molecule has 0 spiro atoms. The molecular weight excluding hydrogens is 251 g/mol. The zero-order chi connectivity index (χ0) is 14.8. The lowest BCUT2D eigenvalue weighted by Crippen LogP contribution is -2.52. The second-order valence-corrected chi connectivity index (χ2v) is 6.75. The number of likely N-dealkylation sites (tertiary alicyclic amines) is 1. The topological polar surface area (TPSA) is 29.3 Å². The van der Waals surface area contributed by atoms with E-state index in [0.717, 1.165) is 36.9 Å². The van der Waals surface area contributed by atoms with Crippen molar-refractivity contribution < 1.29 is 4.39 Å². The fourth-order valence-electron chi connectivity index (χ4n) is 3.22. The molecule has 0 aromatic heterocycles. The molecule has 0 bridgehead atoms. The molecule has 1 saturated heterocycles. The molecule has 2 N–H and O–H groups in total. The molecule has 112 valence electrons. The lowest BCUT2D eigenvalue weighted by Gasteiger charge is -2.38. The molecule has 1 aliphatic rings. The van der Waals surface area contributed by atoms with Gasteiger partial charge in [-0.2, -0.15) is 0 Å². The summed E-state index contributed by atoms with van der Waals surface area (Å²) in [5.41, 5.74) is 7.02. The number of rotatable bonds is 5. The predicted octanol–water partition coefficient (Wildman–Crippen LogP) is 3.06. The van der Waals surface area contributed by atoms with E-state index in [1.807, 2.05) is 6.07 Å². The monoisotopic (exact) mass is 278 g/mol. The van der Waals surface area contributed by atoms with E-state index >= 15 is 0 Å². The normalized spacial score (nSPS) is 23.2. The summed E-state index contributed by atoms with van der Waals surface area (Å²) in [6.45, 7) is 9.61. The van der Waals surface area contributed by atoms with Gasteiger partial charge in [0.1, 0.15) is 5.82 Å². The van der Waals surface area contributed by atoms with Gasteiger partial charge in [0.05, 0.1) is 0 Å². The molecule has 1 fully saturated rings. The SMILES string of the molecule is CC(C)C1CCN(C(C)(CN)Cc2cccc(F)c2)C1. The molecule has 0 aliphatic carbocycles. The van der Waals surface area contributed by atoms with Crippen LogP contribution in [0.4, 0.5) is 4.39 Å². The van der Waals surface area contributed by atoms with Gasteiger partial charge in [-0.3, -0.25) is 4.90 Å². The first-order valence-electron chi connectivity index (χ1n) is 7.64. The summed E-state index contributed by atoms with van der Waals surface area (Å²) in [4.78, 5) is 2.50. The van der Waals surface area contributed by atoms with E-state index in [2.05, 4.69) is 25.7 Å². The van der Waals surface area contributed by atoms with Crippen molar-refractivity contribution in [3.63, 3.8) is 0 Å². The average molecular weight is 278 g/mol. The van der Waals surface area contributed by atoms with Crippen LogP contribution in [0.25, 0.3) is 0 Å². The molecule has 2 atom stereocenters. The number of halogens is 1. The lowest BCUT2D eigenvalue weighted by molar-refractivity contribution is 0.133. The van der Waals surface area contributed by atoms with E-state index in [0.29, 0.717) is 6.54 Å².